The number of anilines is 3. The van der Waals surface area contributed by atoms with Crippen LogP contribution in [0.1, 0.15) is 43.2 Å². The fraction of sp³-hybridized carbons (Fsp3) is 0.483. The zero-order chi connectivity index (χ0) is 29.4. The van der Waals surface area contributed by atoms with Gasteiger partial charge in [-0.25, -0.2) is 0 Å². The third-order valence-electron chi connectivity index (χ3n) is 7.06. The summed E-state index contributed by atoms with van der Waals surface area (Å²) in [6, 6.07) is 7.90. The summed E-state index contributed by atoms with van der Waals surface area (Å²) in [5.74, 6) is 4.21. The third kappa shape index (κ3) is 7.05. The van der Waals surface area contributed by atoms with Crippen molar-refractivity contribution in [2.24, 2.45) is 0 Å². The van der Waals surface area contributed by atoms with Crippen LogP contribution in [0.15, 0.2) is 24.3 Å². The summed E-state index contributed by atoms with van der Waals surface area (Å²) < 4.78 is 33.4. The molecule has 1 aliphatic rings. The van der Waals surface area contributed by atoms with Crippen LogP contribution >= 0.6 is 0 Å². The summed E-state index contributed by atoms with van der Waals surface area (Å²) in [7, 11) is 9.50. The molecule has 1 aromatic heterocycles. The summed E-state index contributed by atoms with van der Waals surface area (Å²) in [5.41, 5.74) is 7.97. The van der Waals surface area contributed by atoms with Crippen molar-refractivity contribution in [1.29, 1.82) is 0 Å². The summed E-state index contributed by atoms with van der Waals surface area (Å²) >= 11 is 0. The highest BCUT2D eigenvalue weighted by atomic mass is 16.5. The Morgan fingerprint density at radius 1 is 0.683 bits per heavy atom. The maximum Gasteiger partial charge on any atom is 0.232 e. The van der Waals surface area contributed by atoms with E-state index in [1.54, 1.807) is 42.7 Å². The van der Waals surface area contributed by atoms with Gasteiger partial charge in [0.1, 0.15) is 0 Å². The molecule has 12 heteroatoms. The van der Waals surface area contributed by atoms with E-state index in [0.717, 1.165) is 24.0 Å². The molecule has 0 spiro atoms. The third-order valence-corrected chi connectivity index (χ3v) is 7.06. The van der Waals surface area contributed by atoms with Gasteiger partial charge in [-0.1, -0.05) is 19.3 Å². The Labute approximate surface area is 241 Å². The molecule has 0 bridgehead atoms. The summed E-state index contributed by atoms with van der Waals surface area (Å²) in [5, 5.41) is 3.47. The second kappa shape index (κ2) is 13.8. The van der Waals surface area contributed by atoms with Crippen molar-refractivity contribution in [1.82, 2.24) is 15.0 Å². The largest absolute Gasteiger partial charge is 0.493 e. The second-order valence-corrected chi connectivity index (χ2v) is 9.72. The molecule has 4 rings (SSSR count). The number of rotatable bonds is 13. The first-order chi connectivity index (χ1) is 19.9. The van der Waals surface area contributed by atoms with Gasteiger partial charge in [0.15, 0.2) is 23.0 Å². The van der Waals surface area contributed by atoms with Gasteiger partial charge in [0.2, 0.25) is 29.3 Å². The molecule has 3 aromatic rings. The number of ether oxygens (including phenoxy) is 6. The normalized spacial score (nSPS) is 13.3. The van der Waals surface area contributed by atoms with Gasteiger partial charge in [0.05, 0.1) is 42.7 Å². The lowest BCUT2D eigenvalue weighted by molar-refractivity contribution is 0.323. The topological polar surface area (TPSA) is 135 Å². The molecule has 2 aromatic carbocycles. The minimum absolute atomic E-state index is 0.132. The first kappa shape index (κ1) is 29.6. The molecule has 1 aliphatic carbocycles. The molecule has 0 atom stereocenters. The Bertz CT molecular complexity index is 1200. The molecule has 12 nitrogen and oxygen atoms in total. The highest BCUT2D eigenvalue weighted by molar-refractivity contribution is 5.56. The van der Waals surface area contributed by atoms with Crippen LogP contribution in [-0.4, -0.2) is 63.7 Å². The lowest BCUT2D eigenvalue weighted by atomic mass is 9.96. The molecule has 3 N–H and O–H groups in total. The molecule has 41 heavy (non-hydrogen) atoms. The van der Waals surface area contributed by atoms with Crippen LogP contribution in [0.5, 0.6) is 34.5 Å². The van der Waals surface area contributed by atoms with Crippen molar-refractivity contribution < 1.29 is 28.4 Å². The molecule has 0 amide bonds. The van der Waals surface area contributed by atoms with E-state index in [9.17, 15) is 0 Å². The molecular formula is C29H40N6O6. The molecule has 0 saturated heterocycles. The van der Waals surface area contributed by atoms with Gasteiger partial charge in [-0.05, 0) is 48.2 Å². The summed E-state index contributed by atoms with van der Waals surface area (Å²) in [6.07, 6.45) is 5.75. The lowest BCUT2D eigenvalue weighted by Crippen LogP contribution is -2.27. The Kier molecular flexibility index (Phi) is 9.99. The van der Waals surface area contributed by atoms with Crippen molar-refractivity contribution in [3.63, 3.8) is 0 Å². The van der Waals surface area contributed by atoms with E-state index in [0.29, 0.717) is 65.5 Å². The van der Waals surface area contributed by atoms with Crippen molar-refractivity contribution in [3.8, 4) is 34.5 Å². The molecule has 1 saturated carbocycles. The van der Waals surface area contributed by atoms with E-state index in [1.807, 2.05) is 29.2 Å². The van der Waals surface area contributed by atoms with Crippen molar-refractivity contribution in [3.05, 3.63) is 35.4 Å². The van der Waals surface area contributed by atoms with E-state index < -0.39 is 0 Å². The van der Waals surface area contributed by atoms with Crippen LogP contribution in [0.2, 0.25) is 0 Å². The van der Waals surface area contributed by atoms with Gasteiger partial charge in [-0.15, -0.1) is 0 Å². The van der Waals surface area contributed by atoms with Crippen LogP contribution in [-0.2, 0) is 13.1 Å². The second-order valence-electron chi connectivity index (χ2n) is 9.72. The molecule has 1 heterocycles. The average molecular weight is 569 g/mol. The zero-order valence-electron chi connectivity index (χ0n) is 24.7. The number of aromatic nitrogens is 3. The Hall–Kier alpha value is -4.35. The van der Waals surface area contributed by atoms with E-state index in [1.165, 1.54) is 19.3 Å². The highest BCUT2D eigenvalue weighted by Crippen LogP contribution is 2.40. The number of nitrogen functional groups attached to an aromatic ring is 1. The minimum atomic E-state index is 0.132. The maximum absolute atomic E-state index is 6.21. The number of nitrogens with two attached hydrogens (primary N) is 1. The van der Waals surface area contributed by atoms with Gasteiger partial charge >= 0.3 is 0 Å². The maximum atomic E-state index is 6.21. The predicted octanol–water partition coefficient (Wildman–Crippen LogP) is 4.46. The molecule has 222 valence electrons. The van der Waals surface area contributed by atoms with E-state index in [4.69, 9.17) is 39.1 Å². The van der Waals surface area contributed by atoms with Gasteiger partial charge in [-0.3, -0.25) is 0 Å². The molecule has 1 fully saturated rings. The standard InChI is InChI=1S/C29H40N6O6/c1-36-21-12-18(13-22(37-2)25(21)40-5)16-35(17-19-14-23(38-3)26(41-6)24(15-19)39-4)29-33-27(30)32-28(34-29)31-20-10-8-7-9-11-20/h12-15,20H,7-11,16-17H2,1-6H3,(H3,30,31,32,33,34). The number of nitrogens with zero attached hydrogens (tertiary/aromatic N) is 4. The molecular weight excluding hydrogens is 528 g/mol. The monoisotopic (exact) mass is 568 g/mol. The van der Waals surface area contributed by atoms with Crippen LogP contribution in [0.4, 0.5) is 17.8 Å². The van der Waals surface area contributed by atoms with Crippen molar-refractivity contribution in [2.75, 3.05) is 58.6 Å². The van der Waals surface area contributed by atoms with Gasteiger partial charge in [0, 0.05) is 19.1 Å². The Balaban J connectivity index is 1.76. The molecule has 0 aliphatic heterocycles. The van der Waals surface area contributed by atoms with Gasteiger partial charge in [0.25, 0.3) is 0 Å². The Morgan fingerprint density at radius 3 is 1.56 bits per heavy atom. The van der Waals surface area contributed by atoms with Crippen LogP contribution in [0.3, 0.4) is 0 Å². The van der Waals surface area contributed by atoms with E-state index >= 15 is 0 Å². The molecule has 0 radical (unpaired) electrons. The number of benzene rings is 2. The van der Waals surface area contributed by atoms with Crippen LogP contribution in [0, 0.1) is 0 Å². The number of hydrogen-bond acceptors (Lipinski definition) is 12. The summed E-state index contributed by atoms with van der Waals surface area (Å²) in [4.78, 5) is 15.7. The summed E-state index contributed by atoms with van der Waals surface area (Å²) in [6.45, 7) is 0.777. The number of methoxy groups -OCH3 is 6. The van der Waals surface area contributed by atoms with Crippen molar-refractivity contribution in [2.45, 2.75) is 51.2 Å². The average Bonchev–Trinajstić information content (AvgIpc) is 2.99. The fourth-order valence-electron chi connectivity index (χ4n) is 5.11. The SMILES string of the molecule is COc1cc(CN(Cc2cc(OC)c(OC)c(OC)c2)c2nc(N)nc(NC3CCCCC3)n2)cc(OC)c1OC. The Morgan fingerprint density at radius 2 is 1.15 bits per heavy atom. The fourth-order valence-corrected chi connectivity index (χ4v) is 5.11. The van der Waals surface area contributed by atoms with Gasteiger partial charge < -0.3 is 44.4 Å². The van der Waals surface area contributed by atoms with E-state index in [-0.39, 0.29) is 5.95 Å². The van der Waals surface area contributed by atoms with Crippen LogP contribution < -0.4 is 44.4 Å². The highest BCUT2D eigenvalue weighted by Gasteiger charge is 2.22. The first-order valence-electron chi connectivity index (χ1n) is 13.5. The van der Waals surface area contributed by atoms with Crippen LogP contribution in [0.25, 0.3) is 0 Å². The number of hydrogen-bond donors (Lipinski definition) is 2. The first-order valence-corrected chi connectivity index (χ1v) is 13.5. The molecule has 0 unspecified atom stereocenters. The zero-order valence-corrected chi connectivity index (χ0v) is 24.7. The van der Waals surface area contributed by atoms with Gasteiger partial charge in [-0.2, -0.15) is 15.0 Å². The van der Waals surface area contributed by atoms with E-state index in [2.05, 4.69) is 15.3 Å². The smallest absolute Gasteiger partial charge is 0.232 e. The van der Waals surface area contributed by atoms with Crippen molar-refractivity contribution >= 4 is 17.8 Å². The number of nitrogens with one attached hydrogen (secondary N) is 1. The quantitative estimate of drug-likeness (QED) is 0.301. The minimum Gasteiger partial charge on any atom is -0.493 e. The predicted molar refractivity (Wildman–Crippen MR) is 157 cm³/mol. The lowest BCUT2D eigenvalue weighted by Gasteiger charge is -2.26.